The van der Waals surface area contributed by atoms with Crippen LogP contribution in [0.2, 0.25) is 0 Å². The molecular weight excluding hydrogens is 562 g/mol. The molecule has 4 atom stereocenters. The summed E-state index contributed by atoms with van der Waals surface area (Å²) in [5.41, 5.74) is 0.533. The second-order valence-corrected chi connectivity index (χ2v) is 12.5. The van der Waals surface area contributed by atoms with Crippen molar-refractivity contribution in [3.63, 3.8) is 0 Å². The number of carbonyl (C=O) groups is 6. The van der Waals surface area contributed by atoms with Crippen LogP contribution in [0.15, 0.2) is 24.3 Å². The Kier molecular flexibility index (Phi) is 11.5. The predicted molar refractivity (Wildman–Crippen MR) is 164 cm³/mol. The summed E-state index contributed by atoms with van der Waals surface area (Å²) in [7, 11) is 0. The van der Waals surface area contributed by atoms with Crippen LogP contribution in [0.1, 0.15) is 89.2 Å². The van der Waals surface area contributed by atoms with Crippen LogP contribution < -0.4 is 16.0 Å². The number of benzene rings is 1. The first-order valence-electron chi connectivity index (χ1n) is 16.2. The number of rotatable bonds is 10. The van der Waals surface area contributed by atoms with Crippen molar-refractivity contribution in [3.05, 3.63) is 35.4 Å². The Morgan fingerprint density at radius 1 is 0.932 bits per heavy atom. The van der Waals surface area contributed by atoms with Gasteiger partial charge in [-0.25, -0.2) is 0 Å². The number of likely N-dealkylation sites (tertiary alicyclic amines) is 1. The number of hydrogen-bond donors (Lipinski definition) is 3. The number of hydrogen-bond acceptors (Lipinski definition) is 6. The van der Waals surface area contributed by atoms with Crippen LogP contribution in [-0.2, 0) is 41.6 Å². The number of aldehydes is 1. The van der Waals surface area contributed by atoms with Gasteiger partial charge in [-0.2, -0.15) is 0 Å². The number of nitrogens with one attached hydrogen (secondary N) is 3. The summed E-state index contributed by atoms with van der Waals surface area (Å²) in [6.45, 7) is 5.42. The highest BCUT2D eigenvalue weighted by Gasteiger charge is 2.43. The second kappa shape index (κ2) is 15.3. The molecule has 0 saturated carbocycles. The highest BCUT2D eigenvalue weighted by molar-refractivity contribution is 5.99. The van der Waals surface area contributed by atoms with Gasteiger partial charge in [0.1, 0.15) is 30.0 Å². The van der Waals surface area contributed by atoms with E-state index in [1.165, 1.54) is 11.3 Å². The van der Waals surface area contributed by atoms with E-state index in [-0.39, 0.29) is 37.5 Å². The predicted octanol–water partition coefficient (Wildman–Crippen LogP) is 1.80. The summed E-state index contributed by atoms with van der Waals surface area (Å²) in [6, 6.07) is 5.11. The van der Waals surface area contributed by atoms with E-state index < -0.39 is 41.4 Å². The SMILES string of the molecule is CC[C@]1(C)NC(=O)[C@H](CCCC=O)NC(=O)[C@H]2CCCN2C(=O)[C@H](Cc2ccc(CCC(=O)N3CCCCC3)cc2)NC1=O. The van der Waals surface area contributed by atoms with E-state index in [2.05, 4.69) is 16.0 Å². The van der Waals surface area contributed by atoms with Gasteiger partial charge in [0.25, 0.3) is 0 Å². The Labute approximate surface area is 259 Å². The number of piperidine rings is 1. The molecule has 3 N–H and O–H groups in total. The molecule has 3 saturated heterocycles. The molecule has 0 bridgehead atoms. The van der Waals surface area contributed by atoms with Crippen LogP contribution in [0.25, 0.3) is 0 Å². The lowest BCUT2D eigenvalue weighted by atomic mass is 9.94. The monoisotopic (exact) mass is 609 g/mol. The lowest BCUT2D eigenvalue weighted by molar-refractivity contribution is -0.144. The molecule has 3 heterocycles. The van der Waals surface area contributed by atoms with Crippen LogP contribution in [0.3, 0.4) is 0 Å². The zero-order chi connectivity index (χ0) is 31.7. The number of nitrogens with zero attached hydrogens (tertiary/aromatic N) is 2. The molecule has 11 heteroatoms. The van der Waals surface area contributed by atoms with Crippen molar-refractivity contribution in [1.82, 2.24) is 25.8 Å². The summed E-state index contributed by atoms with van der Waals surface area (Å²) in [5, 5.41) is 8.52. The molecule has 0 radical (unpaired) electrons. The standard InChI is InChI=1S/C33H47N5O6/c1-3-33(2)32(44)35-26(22-24-14-12-23(13-15-24)16-17-28(40)37-18-6-4-7-19-37)31(43)38-20-9-11-27(38)30(42)34-25(29(41)36-33)10-5-8-21-39/h12-15,21,25-27H,3-11,16-20,22H2,1-2H3,(H,34,42)(H,35,44)(H,36,41)/t25-,26-,27+,33-/m0/s1. The fourth-order valence-electron chi connectivity index (χ4n) is 6.26. The third-order valence-corrected chi connectivity index (χ3v) is 9.30. The quantitative estimate of drug-likeness (QED) is 0.273. The van der Waals surface area contributed by atoms with Crippen LogP contribution >= 0.6 is 0 Å². The van der Waals surface area contributed by atoms with Gasteiger partial charge in [-0.05, 0) is 75.8 Å². The Morgan fingerprint density at radius 2 is 1.64 bits per heavy atom. The first-order valence-corrected chi connectivity index (χ1v) is 16.2. The highest BCUT2D eigenvalue weighted by atomic mass is 16.2. The van der Waals surface area contributed by atoms with Gasteiger partial charge in [0.2, 0.25) is 29.5 Å². The van der Waals surface area contributed by atoms with E-state index in [1.54, 1.807) is 13.8 Å². The van der Waals surface area contributed by atoms with Gasteiger partial charge >= 0.3 is 0 Å². The van der Waals surface area contributed by atoms with Gasteiger partial charge in [0.15, 0.2) is 0 Å². The second-order valence-electron chi connectivity index (χ2n) is 12.5. The minimum atomic E-state index is -1.32. The molecule has 1 aromatic rings. The smallest absolute Gasteiger partial charge is 0.246 e. The van der Waals surface area contributed by atoms with Crippen molar-refractivity contribution in [3.8, 4) is 0 Å². The molecular formula is C33H47N5O6. The molecule has 3 fully saturated rings. The zero-order valence-electron chi connectivity index (χ0n) is 26.1. The van der Waals surface area contributed by atoms with Crippen molar-refractivity contribution in [2.24, 2.45) is 0 Å². The van der Waals surface area contributed by atoms with Gasteiger partial charge in [0, 0.05) is 38.9 Å². The topological polar surface area (TPSA) is 145 Å². The molecule has 4 rings (SSSR count). The van der Waals surface area contributed by atoms with Gasteiger partial charge in [-0.1, -0.05) is 31.2 Å². The van der Waals surface area contributed by atoms with Crippen molar-refractivity contribution in [1.29, 1.82) is 0 Å². The van der Waals surface area contributed by atoms with E-state index in [0.29, 0.717) is 38.6 Å². The van der Waals surface area contributed by atoms with Crippen LogP contribution in [0, 0.1) is 0 Å². The maximum Gasteiger partial charge on any atom is 0.246 e. The van der Waals surface area contributed by atoms with E-state index in [4.69, 9.17) is 0 Å². The Hall–Kier alpha value is -3.76. The molecule has 0 unspecified atom stereocenters. The van der Waals surface area contributed by atoms with Crippen molar-refractivity contribution < 1.29 is 28.8 Å². The Bertz CT molecular complexity index is 1210. The molecule has 1 aromatic carbocycles. The van der Waals surface area contributed by atoms with E-state index in [0.717, 1.165) is 43.3 Å². The molecule has 3 aliphatic heterocycles. The number of carbonyl (C=O) groups excluding carboxylic acids is 6. The summed E-state index contributed by atoms with van der Waals surface area (Å²) >= 11 is 0. The maximum absolute atomic E-state index is 14.0. The van der Waals surface area contributed by atoms with Crippen LogP contribution in [0.5, 0.6) is 0 Å². The fraction of sp³-hybridized carbons (Fsp3) is 0.636. The Morgan fingerprint density at radius 3 is 2.32 bits per heavy atom. The Balaban J connectivity index is 1.50. The number of amides is 5. The highest BCUT2D eigenvalue weighted by Crippen LogP contribution is 2.22. The zero-order valence-corrected chi connectivity index (χ0v) is 26.1. The van der Waals surface area contributed by atoms with Crippen molar-refractivity contribution in [2.45, 2.75) is 115 Å². The van der Waals surface area contributed by atoms with Gasteiger partial charge in [-0.15, -0.1) is 0 Å². The van der Waals surface area contributed by atoms with Gasteiger partial charge < -0.3 is 30.5 Å². The van der Waals surface area contributed by atoms with E-state index >= 15 is 0 Å². The normalized spacial score (nSPS) is 26.5. The van der Waals surface area contributed by atoms with E-state index in [9.17, 15) is 28.8 Å². The summed E-state index contributed by atoms with van der Waals surface area (Å²) in [6.07, 6.45) is 7.60. The van der Waals surface area contributed by atoms with Crippen molar-refractivity contribution >= 4 is 35.8 Å². The molecule has 11 nitrogen and oxygen atoms in total. The van der Waals surface area contributed by atoms with Crippen molar-refractivity contribution in [2.75, 3.05) is 19.6 Å². The van der Waals surface area contributed by atoms with Crippen LogP contribution in [0.4, 0.5) is 0 Å². The molecule has 5 amide bonds. The molecule has 240 valence electrons. The first-order chi connectivity index (χ1) is 21.1. The average molecular weight is 610 g/mol. The molecule has 0 aliphatic carbocycles. The molecule has 0 aromatic heterocycles. The van der Waals surface area contributed by atoms with Gasteiger partial charge in [-0.3, -0.25) is 24.0 Å². The maximum atomic E-state index is 14.0. The minimum Gasteiger partial charge on any atom is -0.343 e. The minimum absolute atomic E-state index is 0.179. The number of fused-ring (bicyclic) bond motifs is 1. The lowest BCUT2D eigenvalue weighted by Gasteiger charge is -2.35. The average Bonchev–Trinajstić information content (AvgIpc) is 3.53. The summed E-state index contributed by atoms with van der Waals surface area (Å²) in [4.78, 5) is 81.3. The van der Waals surface area contributed by atoms with Crippen LogP contribution in [-0.4, -0.2) is 88.9 Å². The van der Waals surface area contributed by atoms with Gasteiger partial charge in [0.05, 0.1) is 0 Å². The lowest BCUT2D eigenvalue weighted by Crippen LogP contribution is -2.65. The summed E-state index contributed by atoms with van der Waals surface area (Å²) < 4.78 is 0. The number of aryl methyl sites for hydroxylation is 1. The largest absolute Gasteiger partial charge is 0.343 e. The molecule has 44 heavy (non-hydrogen) atoms. The summed E-state index contributed by atoms with van der Waals surface area (Å²) in [5.74, 6) is -1.54. The van der Waals surface area contributed by atoms with E-state index in [1.807, 2.05) is 29.2 Å². The fourth-order valence-corrected chi connectivity index (χ4v) is 6.26. The first kappa shape index (κ1) is 33.1. The third-order valence-electron chi connectivity index (χ3n) is 9.30. The molecule has 0 spiro atoms. The molecule has 3 aliphatic rings. The third kappa shape index (κ3) is 8.24. The number of unbranched alkanes of at least 4 members (excludes halogenated alkanes) is 1.